The van der Waals surface area contributed by atoms with Crippen LogP contribution in [0.1, 0.15) is 55.6 Å². The highest BCUT2D eigenvalue weighted by molar-refractivity contribution is 7.17. The fourth-order valence-corrected chi connectivity index (χ4v) is 6.19. The maximum absolute atomic E-state index is 5.42. The third-order valence-corrected chi connectivity index (χ3v) is 7.65. The normalized spacial score (nSPS) is 18.6. The van der Waals surface area contributed by atoms with E-state index in [0.717, 1.165) is 65.9 Å². The number of hydrogen-bond donors (Lipinski definition) is 0. The Morgan fingerprint density at radius 1 is 1.03 bits per heavy atom. The van der Waals surface area contributed by atoms with Gasteiger partial charge in [0.15, 0.2) is 11.6 Å². The highest BCUT2D eigenvalue weighted by atomic mass is 32.1. The molecule has 0 saturated carbocycles. The molecule has 170 valence electrons. The summed E-state index contributed by atoms with van der Waals surface area (Å²) in [4.78, 5) is 13.4. The highest BCUT2D eigenvalue weighted by Gasteiger charge is 2.33. The van der Waals surface area contributed by atoms with Crippen molar-refractivity contribution in [1.82, 2.24) is 24.7 Å². The number of nitrogens with zero attached hydrogens (tertiary/aromatic N) is 6. The molecule has 1 aromatic carbocycles. The number of rotatable bonds is 5. The molecule has 1 atom stereocenters. The number of methoxy groups -OCH3 is 1. The van der Waals surface area contributed by atoms with Crippen molar-refractivity contribution < 1.29 is 4.74 Å². The summed E-state index contributed by atoms with van der Waals surface area (Å²) in [7, 11) is 1.70. The molecule has 7 nitrogen and oxygen atoms in total. The zero-order chi connectivity index (χ0) is 22.2. The number of fused-ring (bicyclic) bond motifs is 2. The zero-order valence-corrected chi connectivity index (χ0v) is 19.7. The number of hydrogen-bond acceptors (Lipinski definition) is 7. The Bertz CT molecular complexity index is 1270. The summed E-state index contributed by atoms with van der Waals surface area (Å²) in [5.74, 6) is 3.97. The minimum atomic E-state index is 0.176. The maximum atomic E-state index is 5.42. The maximum Gasteiger partial charge on any atom is 0.158 e. The predicted octanol–water partition coefficient (Wildman–Crippen LogP) is 5.16. The number of aryl methyl sites for hydroxylation is 1. The van der Waals surface area contributed by atoms with Crippen molar-refractivity contribution in [2.45, 2.75) is 57.7 Å². The van der Waals surface area contributed by atoms with Crippen LogP contribution in [0.4, 0.5) is 5.82 Å². The first-order chi connectivity index (χ1) is 16.3. The van der Waals surface area contributed by atoms with Crippen molar-refractivity contribution in [2.75, 3.05) is 18.6 Å². The lowest BCUT2D eigenvalue weighted by atomic mass is 9.99. The molecule has 0 bridgehead atoms. The van der Waals surface area contributed by atoms with Crippen LogP contribution in [0.3, 0.4) is 0 Å². The van der Waals surface area contributed by atoms with Crippen molar-refractivity contribution in [3.05, 3.63) is 53.2 Å². The SMILES string of the molecule is COCc1nc(N2CCCCC2c2nnc3n2CCCC3)c2c(-c3ccccc3)csc2n1. The van der Waals surface area contributed by atoms with Crippen LogP contribution in [0.2, 0.25) is 0 Å². The topological polar surface area (TPSA) is 69.0 Å². The van der Waals surface area contributed by atoms with Crippen molar-refractivity contribution >= 4 is 27.4 Å². The van der Waals surface area contributed by atoms with Gasteiger partial charge in [0.2, 0.25) is 0 Å². The quantitative estimate of drug-likeness (QED) is 0.410. The summed E-state index contributed by atoms with van der Waals surface area (Å²) in [6.07, 6.45) is 6.83. The average Bonchev–Trinajstić information content (AvgIpc) is 3.49. The van der Waals surface area contributed by atoms with Gasteiger partial charge < -0.3 is 14.2 Å². The van der Waals surface area contributed by atoms with Crippen molar-refractivity contribution in [1.29, 1.82) is 0 Å². The van der Waals surface area contributed by atoms with E-state index in [0.29, 0.717) is 6.61 Å². The summed E-state index contributed by atoms with van der Waals surface area (Å²) >= 11 is 1.68. The second-order valence-corrected chi connectivity index (χ2v) is 9.74. The predicted molar refractivity (Wildman–Crippen MR) is 130 cm³/mol. The molecule has 3 aromatic heterocycles. The minimum absolute atomic E-state index is 0.176. The van der Waals surface area contributed by atoms with Gasteiger partial charge in [0.05, 0.1) is 11.4 Å². The Morgan fingerprint density at radius 3 is 2.79 bits per heavy atom. The third-order valence-electron chi connectivity index (χ3n) is 6.78. The van der Waals surface area contributed by atoms with E-state index in [1.165, 1.54) is 30.4 Å². The first kappa shape index (κ1) is 20.7. The molecule has 2 aliphatic heterocycles. The van der Waals surface area contributed by atoms with E-state index in [-0.39, 0.29) is 6.04 Å². The molecule has 8 heteroatoms. The summed E-state index contributed by atoms with van der Waals surface area (Å²) in [6.45, 7) is 2.37. The molecular weight excluding hydrogens is 432 g/mol. The summed E-state index contributed by atoms with van der Waals surface area (Å²) in [6, 6.07) is 10.7. The van der Waals surface area contributed by atoms with Crippen LogP contribution in [0, 0.1) is 0 Å². The molecule has 0 aliphatic carbocycles. The lowest BCUT2D eigenvalue weighted by molar-refractivity contribution is 0.178. The fraction of sp³-hybridized carbons (Fsp3) is 0.440. The first-order valence-electron chi connectivity index (χ1n) is 11.8. The molecule has 0 amide bonds. The number of thiophene rings is 1. The molecule has 5 heterocycles. The van der Waals surface area contributed by atoms with Crippen LogP contribution in [-0.4, -0.2) is 38.4 Å². The number of aromatic nitrogens is 5. The molecule has 0 radical (unpaired) electrons. The first-order valence-corrected chi connectivity index (χ1v) is 12.7. The summed E-state index contributed by atoms with van der Waals surface area (Å²) < 4.78 is 7.79. The van der Waals surface area contributed by atoms with Crippen LogP contribution in [0.15, 0.2) is 35.7 Å². The van der Waals surface area contributed by atoms with Crippen LogP contribution < -0.4 is 4.90 Å². The van der Waals surface area contributed by atoms with Gasteiger partial charge in [-0.25, -0.2) is 9.97 Å². The van der Waals surface area contributed by atoms with E-state index in [2.05, 4.69) is 50.3 Å². The Balaban J connectivity index is 1.52. The summed E-state index contributed by atoms with van der Waals surface area (Å²) in [5.41, 5.74) is 2.39. The molecular formula is C25H28N6OS. The van der Waals surface area contributed by atoms with Crippen LogP contribution in [-0.2, 0) is 24.3 Å². The van der Waals surface area contributed by atoms with Crippen molar-refractivity contribution in [2.24, 2.45) is 0 Å². The van der Waals surface area contributed by atoms with Crippen LogP contribution in [0.5, 0.6) is 0 Å². The van der Waals surface area contributed by atoms with Gasteiger partial charge in [-0.2, -0.15) is 0 Å². The second-order valence-electron chi connectivity index (χ2n) is 8.88. The molecule has 0 N–H and O–H groups in total. The monoisotopic (exact) mass is 460 g/mol. The van der Waals surface area contributed by atoms with E-state index in [1.807, 2.05) is 0 Å². The van der Waals surface area contributed by atoms with E-state index in [1.54, 1.807) is 18.4 Å². The lowest BCUT2D eigenvalue weighted by Gasteiger charge is -2.37. The second kappa shape index (κ2) is 8.83. The van der Waals surface area contributed by atoms with E-state index in [9.17, 15) is 0 Å². The number of ether oxygens (including phenoxy) is 1. The number of anilines is 1. The fourth-order valence-electron chi connectivity index (χ4n) is 5.23. The molecule has 6 rings (SSSR count). The molecule has 2 aliphatic rings. The lowest BCUT2D eigenvalue weighted by Crippen LogP contribution is -2.36. The standard InChI is InChI=1S/C25H28N6OS/c1-32-15-20-26-24(22-18(16-33-25(22)27-20)17-9-3-2-4-10-17)30-13-7-5-11-19(30)23-29-28-21-12-6-8-14-31(21)23/h2-4,9-10,16,19H,5-8,11-15H2,1H3. The molecule has 33 heavy (non-hydrogen) atoms. The zero-order valence-electron chi connectivity index (χ0n) is 18.9. The van der Waals surface area contributed by atoms with Crippen LogP contribution in [0.25, 0.3) is 21.3 Å². The minimum Gasteiger partial charge on any atom is -0.377 e. The van der Waals surface area contributed by atoms with Gasteiger partial charge in [-0.15, -0.1) is 21.5 Å². The van der Waals surface area contributed by atoms with Crippen molar-refractivity contribution in [3.63, 3.8) is 0 Å². The smallest absolute Gasteiger partial charge is 0.158 e. The van der Waals surface area contributed by atoms with Gasteiger partial charge in [-0.05, 0) is 37.7 Å². The van der Waals surface area contributed by atoms with E-state index in [4.69, 9.17) is 19.8 Å². The van der Waals surface area contributed by atoms with Crippen molar-refractivity contribution in [3.8, 4) is 11.1 Å². The van der Waals surface area contributed by atoms with E-state index >= 15 is 0 Å². The van der Waals surface area contributed by atoms with Crippen LogP contribution >= 0.6 is 11.3 Å². The number of benzene rings is 1. The molecule has 1 saturated heterocycles. The third kappa shape index (κ3) is 3.71. The Kier molecular flexibility index (Phi) is 5.55. The molecule has 4 aromatic rings. The summed E-state index contributed by atoms with van der Waals surface area (Å²) in [5, 5.41) is 12.6. The van der Waals surface area contributed by atoms with Gasteiger partial charge in [0, 0.05) is 37.6 Å². The number of piperidine rings is 1. The van der Waals surface area contributed by atoms with E-state index < -0.39 is 0 Å². The molecule has 1 unspecified atom stereocenters. The Hall–Kier alpha value is -2.84. The largest absolute Gasteiger partial charge is 0.377 e. The van der Waals surface area contributed by atoms with Gasteiger partial charge in [0.1, 0.15) is 23.1 Å². The van der Waals surface area contributed by atoms with Gasteiger partial charge in [-0.3, -0.25) is 0 Å². The van der Waals surface area contributed by atoms with Gasteiger partial charge in [0.25, 0.3) is 0 Å². The Morgan fingerprint density at radius 2 is 1.91 bits per heavy atom. The van der Waals surface area contributed by atoms with Gasteiger partial charge >= 0.3 is 0 Å². The highest BCUT2D eigenvalue weighted by Crippen LogP contribution is 2.43. The Labute approximate surface area is 197 Å². The molecule has 0 spiro atoms. The van der Waals surface area contributed by atoms with Gasteiger partial charge in [-0.1, -0.05) is 30.3 Å². The average molecular weight is 461 g/mol. The molecule has 1 fully saturated rings.